The van der Waals surface area contributed by atoms with Crippen molar-refractivity contribution < 1.29 is 9.47 Å². The summed E-state index contributed by atoms with van der Waals surface area (Å²) in [4.78, 5) is 0. The third-order valence-corrected chi connectivity index (χ3v) is 2.49. The Hall–Kier alpha value is -1.96. The average molecular weight is 241 g/mol. The van der Waals surface area contributed by atoms with Crippen molar-refractivity contribution in [3.63, 3.8) is 0 Å². The molecular formula is C16H17O2. The first-order chi connectivity index (χ1) is 8.88. The molecule has 0 fully saturated rings. The van der Waals surface area contributed by atoms with Gasteiger partial charge in [0.05, 0.1) is 6.61 Å². The molecule has 2 aromatic carbocycles. The predicted octanol–water partition coefficient (Wildman–Crippen LogP) is 3.87. The Bertz CT molecular complexity index is 448. The van der Waals surface area contributed by atoms with Crippen LogP contribution in [-0.2, 0) is 6.61 Å². The smallest absolute Gasteiger partial charge is 0.120 e. The van der Waals surface area contributed by atoms with Crippen LogP contribution >= 0.6 is 0 Å². The Morgan fingerprint density at radius 1 is 0.778 bits per heavy atom. The molecule has 0 bridgehead atoms. The highest BCUT2D eigenvalue weighted by molar-refractivity contribution is 5.31. The van der Waals surface area contributed by atoms with Crippen molar-refractivity contribution in [3.05, 3.63) is 67.1 Å². The normalized spacial score (nSPS) is 10.1. The minimum absolute atomic E-state index is 0.583. The van der Waals surface area contributed by atoms with E-state index >= 15 is 0 Å². The zero-order chi connectivity index (χ0) is 12.6. The lowest BCUT2D eigenvalue weighted by Gasteiger charge is -2.08. The molecule has 0 spiro atoms. The molecule has 0 aliphatic carbocycles. The first-order valence-corrected chi connectivity index (χ1v) is 6.07. The number of rotatable bonds is 6. The molecule has 2 rings (SSSR count). The van der Waals surface area contributed by atoms with Gasteiger partial charge in [-0.05, 0) is 43.2 Å². The quantitative estimate of drug-likeness (QED) is 0.764. The van der Waals surface area contributed by atoms with Crippen LogP contribution in [0.4, 0.5) is 0 Å². The molecule has 2 aromatic rings. The highest BCUT2D eigenvalue weighted by Gasteiger charge is 1.97. The first-order valence-electron chi connectivity index (χ1n) is 6.07. The van der Waals surface area contributed by atoms with Gasteiger partial charge in [-0.1, -0.05) is 30.3 Å². The van der Waals surface area contributed by atoms with Crippen LogP contribution in [0.2, 0.25) is 0 Å². The van der Waals surface area contributed by atoms with Crippen LogP contribution in [0.25, 0.3) is 0 Å². The summed E-state index contributed by atoms with van der Waals surface area (Å²) < 4.78 is 11.1. The van der Waals surface area contributed by atoms with Gasteiger partial charge in [0.15, 0.2) is 0 Å². The van der Waals surface area contributed by atoms with Crippen LogP contribution in [0, 0.1) is 6.92 Å². The Kier molecular flexibility index (Phi) is 4.65. The van der Waals surface area contributed by atoms with E-state index in [1.165, 1.54) is 0 Å². The summed E-state index contributed by atoms with van der Waals surface area (Å²) >= 11 is 0. The predicted molar refractivity (Wildman–Crippen MR) is 72.7 cm³/mol. The van der Waals surface area contributed by atoms with Gasteiger partial charge in [-0.2, -0.15) is 0 Å². The number of benzene rings is 2. The molecule has 0 amide bonds. The van der Waals surface area contributed by atoms with Crippen molar-refractivity contribution in [1.29, 1.82) is 0 Å². The van der Waals surface area contributed by atoms with Crippen LogP contribution in [0.1, 0.15) is 12.0 Å². The summed E-state index contributed by atoms with van der Waals surface area (Å²) in [5, 5.41) is 0. The molecule has 0 aliphatic heterocycles. The van der Waals surface area contributed by atoms with Gasteiger partial charge in [-0.3, -0.25) is 0 Å². The second-order valence-electron chi connectivity index (χ2n) is 3.95. The molecule has 0 saturated carbocycles. The lowest BCUT2D eigenvalue weighted by molar-refractivity contribution is 0.302. The van der Waals surface area contributed by atoms with Crippen molar-refractivity contribution in [1.82, 2.24) is 0 Å². The summed E-state index contributed by atoms with van der Waals surface area (Å²) in [7, 11) is 0. The van der Waals surface area contributed by atoms with Crippen LogP contribution in [-0.4, -0.2) is 6.61 Å². The van der Waals surface area contributed by atoms with Gasteiger partial charge in [-0.15, -0.1) is 0 Å². The van der Waals surface area contributed by atoms with Crippen LogP contribution < -0.4 is 9.47 Å². The van der Waals surface area contributed by atoms with E-state index < -0.39 is 0 Å². The van der Waals surface area contributed by atoms with Gasteiger partial charge in [0.2, 0.25) is 0 Å². The zero-order valence-corrected chi connectivity index (χ0v) is 10.3. The summed E-state index contributed by atoms with van der Waals surface area (Å²) in [6, 6.07) is 17.8. The zero-order valence-electron chi connectivity index (χ0n) is 10.3. The van der Waals surface area contributed by atoms with E-state index in [1.54, 1.807) is 0 Å². The lowest BCUT2D eigenvalue weighted by Crippen LogP contribution is -1.96. The largest absolute Gasteiger partial charge is 0.494 e. The SMILES string of the molecule is [CH2]CCOc1ccc(OCc2ccccc2)cc1. The summed E-state index contributed by atoms with van der Waals surface area (Å²) in [5.41, 5.74) is 1.16. The highest BCUT2D eigenvalue weighted by atomic mass is 16.5. The fourth-order valence-electron chi connectivity index (χ4n) is 1.56. The van der Waals surface area contributed by atoms with Crippen molar-refractivity contribution in [3.8, 4) is 11.5 Å². The minimum Gasteiger partial charge on any atom is -0.494 e. The molecule has 0 aliphatic rings. The van der Waals surface area contributed by atoms with E-state index in [9.17, 15) is 0 Å². The molecule has 2 nitrogen and oxygen atoms in total. The Morgan fingerprint density at radius 3 is 2.00 bits per heavy atom. The van der Waals surface area contributed by atoms with Crippen LogP contribution in [0.5, 0.6) is 11.5 Å². The van der Waals surface area contributed by atoms with E-state index in [4.69, 9.17) is 9.47 Å². The van der Waals surface area contributed by atoms with Crippen molar-refractivity contribution >= 4 is 0 Å². The standard InChI is InChI=1S/C16H17O2/c1-2-12-17-15-8-10-16(11-9-15)18-13-14-6-4-3-5-7-14/h3-11H,1-2,12-13H2. The van der Waals surface area contributed by atoms with Crippen molar-refractivity contribution in [2.75, 3.05) is 6.61 Å². The Morgan fingerprint density at radius 2 is 1.39 bits per heavy atom. The van der Waals surface area contributed by atoms with E-state index in [0.717, 1.165) is 23.5 Å². The van der Waals surface area contributed by atoms with E-state index in [1.807, 2.05) is 54.6 Å². The topological polar surface area (TPSA) is 18.5 Å². The maximum Gasteiger partial charge on any atom is 0.120 e. The third kappa shape index (κ3) is 3.81. The molecule has 0 saturated heterocycles. The number of hydrogen-bond acceptors (Lipinski definition) is 2. The molecule has 0 N–H and O–H groups in total. The second-order valence-corrected chi connectivity index (χ2v) is 3.95. The first kappa shape index (κ1) is 12.5. The molecule has 0 atom stereocenters. The molecule has 93 valence electrons. The molecule has 0 aromatic heterocycles. The number of ether oxygens (including phenoxy) is 2. The molecule has 1 radical (unpaired) electrons. The van der Waals surface area contributed by atoms with Gasteiger partial charge in [0.1, 0.15) is 18.1 Å². The van der Waals surface area contributed by atoms with Crippen molar-refractivity contribution in [2.24, 2.45) is 0 Å². The molecule has 2 heteroatoms. The van der Waals surface area contributed by atoms with Crippen molar-refractivity contribution in [2.45, 2.75) is 13.0 Å². The van der Waals surface area contributed by atoms with Gasteiger partial charge >= 0.3 is 0 Å². The number of hydrogen-bond donors (Lipinski definition) is 0. The molecule has 0 heterocycles. The Balaban J connectivity index is 1.86. The van der Waals surface area contributed by atoms with Crippen LogP contribution in [0.3, 0.4) is 0 Å². The Labute approximate surface area is 108 Å². The van der Waals surface area contributed by atoms with Crippen LogP contribution in [0.15, 0.2) is 54.6 Å². The van der Waals surface area contributed by atoms with Gasteiger partial charge in [0, 0.05) is 0 Å². The summed E-state index contributed by atoms with van der Waals surface area (Å²) in [6.07, 6.45) is 0.770. The van der Waals surface area contributed by atoms with E-state index in [2.05, 4.69) is 6.92 Å². The monoisotopic (exact) mass is 241 g/mol. The average Bonchev–Trinajstić information content (AvgIpc) is 2.45. The van der Waals surface area contributed by atoms with Gasteiger partial charge in [0.25, 0.3) is 0 Å². The second kappa shape index (κ2) is 6.70. The fraction of sp³-hybridized carbons (Fsp3) is 0.188. The maximum absolute atomic E-state index is 5.68. The third-order valence-electron chi connectivity index (χ3n) is 2.49. The molecular weight excluding hydrogens is 224 g/mol. The molecule has 18 heavy (non-hydrogen) atoms. The fourth-order valence-corrected chi connectivity index (χ4v) is 1.56. The maximum atomic E-state index is 5.68. The minimum atomic E-state index is 0.583. The van der Waals surface area contributed by atoms with E-state index in [-0.39, 0.29) is 0 Å². The molecule has 0 unspecified atom stereocenters. The highest BCUT2D eigenvalue weighted by Crippen LogP contribution is 2.18. The van der Waals surface area contributed by atoms with E-state index in [0.29, 0.717) is 13.2 Å². The summed E-state index contributed by atoms with van der Waals surface area (Å²) in [5.74, 6) is 1.70. The summed E-state index contributed by atoms with van der Waals surface area (Å²) in [6.45, 7) is 4.96. The lowest BCUT2D eigenvalue weighted by atomic mass is 10.2. The van der Waals surface area contributed by atoms with Gasteiger partial charge < -0.3 is 9.47 Å². The van der Waals surface area contributed by atoms with Gasteiger partial charge in [-0.25, -0.2) is 0 Å².